The van der Waals surface area contributed by atoms with Crippen LogP contribution in [-0.4, -0.2) is 37.8 Å². The lowest BCUT2D eigenvalue weighted by atomic mass is 10.2. The molecule has 1 fully saturated rings. The van der Waals surface area contributed by atoms with Gasteiger partial charge in [0.05, 0.1) is 4.90 Å². The maximum absolute atomic E-state index is 12.5. The number of anilines is 1. The fourth-order valence-electron chi connectivity index (χ4n) is 2.14. The van der Waals surface area contributed by atoms with E-state index in [-0.39, 0.29) is 0 Å². The van der Waals surface area contributed by atoms with Crippen LogP contribution in [0.15, 0.2) is 23.2 Å². The third-order valence-electron chi connectivity index (χ3n) is 3.19. The number of hydrogen-bond acceptors (Lipinski definition) is 4. The van der Waals surface area contributed by atoms with Crippen LogP contribution in [0.1, 0.15) is 25.7 Å². The van der Waals surface area contributed by atoms with Crippen molar-refractivity contribution in [1.82, 2.24) is 9.29 Å². The van der Waals surface area contributed by atoms with Crippen LogP contribution in [0, 0.1) is 0 Å². The van der Waals surface area contributed by atoms with Gasteiger partial charge in [-0.2, -0.15) is 4.31 Å². The lowest BCUT2D eigenvalue weighted by Gasteiger charge is -2.20. The average molecular weight is 269 g/mol. The number of aromatic nitrogens is 1. The van der Waals surface area contributed by atoms with Gasteiger partial charge in [-0.25, -0.2) is 13.4 Å². The summed E-state index contributed by atoms with van der Waals surface area (Å²) in [6.45, 7) is 1.25. The minimum absolute atomic E-state index is 0.323. The van der Waals surface area contributed by atoms with E-state index in [1.54, 1.807) is 23.5 Å². The van der Waals surface area contributed by atoms with Crippen molar-refractivity contribution >= 4 is 15.8 Å². The summed E-state index contributed by atoms with van der Waals surface area (Å²) < 4.78 is 26.5. The first-order valence-electron chi connectivity index (χ1n) is 6.28. The van der Waals surface area contributed by atoms with Crippen molar-refractivity contribution < 1.29 is 8.42 Å². The number of rotatable bonds is 3. The summed E-state index contributed by atoms with van der Waals surface area (Å²) >= 11 is 0. The van der Waals surface area contributed by atoms with E-state index in [0.717, 1.165) is 25.7 Å². The molecular weight excluding hydrogens is 250 g/mol. The number of hydrogen-bond donors (Lipinski definition) is 1. The predicted octanol–water partition coefficient (Wildman–Crippen LogP) is 1.69. The zero-order valence-electron chi connectivity index (χ0n) is 10.6. The summed E-state index contributed by atoms with van der Waals surface area (Å²) in [6, 6.07) is 3.14. The smallest absolute Gasteiger partial charge is 0.243 e. The molecule has 1 aromatic heterocycles. The van der Waals surface area contributed by atoms with E-state index in [1.165, 1.54) is 6.20 Å². The van der Waals surface area contributed by atoms with Gasteiger partial charge in [-0.3, -0.25) is 0 Å². The molecular formula is C12H19N3O2S. The van der Waals surface area contributed by atoms with Crippen LogP contribution in [0.4, 0.5) is 5.82 Å². The summed E-state index contributed by atoms with van der Waals surface area (Å²) in [5.41, 5.74) is 0. The highest BCUT2D eigenvalue weighted by atomic mass is 32.2. The Bertz CT molecular complexity index is 494. The van der Waals surface area contributed by atoms with E-state index < -0.39 is 10.0 Å². The molecule has 2 rings (SSSR count). The van der Waals surface area contributed by atoms with Gasteiger partial charge in [0.2, 0.25) is 10.0 Å². The Kier molecular flexibility index (Phi) is 4.19. The molecule has 1 N–H and O–H groups in total. The second-order valence-electron chi connectivity index (χ2n) is 4.45. The minimum Gasteiger partial charge on any atom is -0.373 e. The van der Waals surface area contributed by atoms with Crippen molar-refractivity contribution in [3.8, 4) is 0 Å². The normalized spacial score (nSPS) is 18.3. The van der Waals surface area contributed by atoms with Crippen molar-refractivity contribution in [2.24, 2.45) is 0 Å². The number of nitrogens with zero attached hydrogens (tertiary/aromatic N) is 2. The second-order valence-corrected chi connectivity index (χ2v) is 6.38. The van der Waals surface area contributed by atoms with E-state index in [2.05, 4.69) is 10.3 Å². The lowest BCUT2D eigenvalue weighted by Crippen LogP contribution is -2.32. The Morgan fingerprint density at radius 3 is 2.50 bits per heavy atom. The van der Waals surface area contributed by atoms with Gasteiger partial charge in [-0.05, 0) is 18.9 Å². The summed E-state index contributed by atoms with van der Waals surface area (Å²) in [5.74, 6) is 0.575. The highest BCUT2D eigenvalue weighted by molar-refractivity contribution is 7.89. The maximum Gasteiger partial charge on any atom is 0.243 e. The molecule has 0 amide bonds. The van der Waals surface area contributed by atoms with Gasteiger partial charge in [0, 0.05) is 32.4 Å². The van der Waals surface area contributed by atoms with Gasteiger partial charge < -0.3 is 5.32 Å². The molecule has 0 unspecified atom stereocenters. The molecule has 100 valence electrons. The Balaban J connectivity index is 2.28. The maximum atomic E-state index is 12.5. The fourth-order valence-corrected chi connectivity index (χ4v) is 3.67. The number of sulfonamides is 1. The first kappa shape index (κ1) is 13.3. The average Bonchev–Trinajstić information content (AvgIpc) is 2.68. The molecule has 1 aliphatic heterocycles. The third-order valence-corrected chi connectivity index (χ3v) is 5.08. The molecule has 1 aromatic rings. The highest BCUT2D eigenvalue weighted by Crippen LogP contribution is 2.21. The Labute approximate surface area is 108 Å². The van der Waals surface area contributed by atoms with Crippen molar-refractivity contribution in [3.05, 3.63) is 18.3 Å². The monoisotopic (exact) mass is 269 g/mol. The lowest BCUT2D eigenvalue weighted by molar-refractivity contribution is 0.423. The van der Waals surface area contributed by atoms with Gasteiger partial charge in [0.25, 0.3) is 0 Å². The SMILES string of the molecule is CNc1cc(S(=O)(=O)N2CCCCCC2)ccn1. The first-order chi connectivity index (χ1) is 8.64. The molecule has 0 radical (unpaired) electrons. The molecule has 0 spiro atoms. The summed E-state index contributed by atoms with van der Waals surface area (Å²) in [5, 5.41) is 2.86. The molecule has 1 saturated heterocycles. The van der Waals surface area contributed by atoms with Crippen LogP contribution in [0.3, 0.4) is 0 Å². The fraction of sp³-hybridized carbons (Fsp3) is 0.583. The molecule has 5 nitrogen and oxygen atoms in total. The molecule has 18 heavy (non-hydrogen) atoms. The van der Waals surface area contributed by atoms with Crippen LogP contribution in [0.5, 0.6) is 0 Å². The van der Waals surface area contributed by atoms with Crippen LogP contribution < -0.4 is 5.32 Å². The molecule has 0 saturated carbocycles. The van der Waals surface area contributed by atoms with Gasteiger partial charge in [0.15, 0.2) is 0 Å². The Hall–Kier alpha value is -1.14. The molecule has 2 heterocycles. The zero-order chi connectivity index (χ0) is 13.0. The van der Waals surface area contributed by atoms with E-state index >= 15 is 0 Å². The molecule has 0 aliphatic carbocycles. The van der Waals surface area contributed by atoms with E-state index in [1.807, 2.05) is 0 Å². The molecule has 6 heteroatoms. The minimum atomic E-state index is -3.36. The van der Waals surface area contributed by atoms with Crippen molar-refractivity contribution in [2.75, 3.05) is 25.5 Å². The second kappa shape index (κ2) is 5.67. The largest absolute Gasteiger partial charge is 0.373 e. The summed E-state index contributed by atoms with van der Waals surface area (Å²) in [4.78, 5) is 4.36. The van der Waals surface area contributed by atoms with Crippen molar-refractivity contribution in [3.63, 3.8) is 0 Å². The quantitative estimate of drug-likeness (QED) is 0.907. The highest BCUT2D eigenvalue weighted by Gasteiger charge is 2.25. The van der Waals surface area contributed by atoms with E-state index in [0.29, 0.717) is 23.8 Å². The molecule has 0 aromatic carbocycles. The molecule has 1 aliphatic rings. The van der Waals surface area contributed by atoms with Gasteiger partial charge >= 0.3 is 0 Å². The van der Waals surface area contributed by atoms with Crippen molar-refractivity contribution in [1.29, 1.82) is 0 Å². The van der Waals surface area contributed by atoms with Crippen LogP contribution in [-0.2, 0) is 10.0 Å². The Morgan fingerprint density at radius 2 is 1.89 bits per heavy atom. The topological polar surface area (TPSA) is 62.3 Å². The zero-order valence-corrected chi connectivity index (χ0v) is 11.4. The van der Waals surface area contributed by atoms with E-state index in [9.17, 15) is 8.42 Å². The predicted molar refractivity (Wildman–Crippen MR) is 71.0 cm³/mol. The summed E-state index contributed by atoms with van der Waals surface area (Å²) in [7, 11) is -1.64. The standard InChI is InChI=1S/C12H19N3O2S/c1-13-12-10-11(6-7-14-12)18(16,17)15-8-4-2-3-5-9-15/h6-7,10H,2-5,8-9H2,1H3,(H,13,14). The van der Waals surface area contributed by atoms with Crippen LogP contribution >= 0.6 is 0 Å². The molecule has 0 bridgehead atoms. The van der Waals surface area contributed by atoms with E-state index in [4.69, 9.17) is 0 Å². The summed E-state index contributed by atoms with van der Waals surface area (Å²) in [6.07, 6.45) is 5.65. The third kappa shape index (κ3) is 2.81. The van der Waals surface area contributed by atoms with Crippen LogP contribution in [0.2, 0.25) is 0 Å². The van der Waals surface area contributed by atoms with Gasteiger partial charge in [-0.15, -0.1) is 0 Å². The van der Waals surface area contributed by atoms with Crippen molar-refractivity contribution in [2.45, 2.75) is 30.6 Å². The first-order valence-corrected chi connectivity index (χ1v) is 7.72. The number of nitrogens with one attached hydrogen (secondary N) is 1. The number of pyridine rings is 1. The van der Waals surface area contributed by atoms with Crippen LogP contribution in [0.25, 0.3) is 0 Å². The Morgan fingerprint density at radius 1 is 1.22 bits per heavy atom. The van der Waals surface area contributed by atoms with Gasteiger partial charge in [0.1, 0.15) is 5.82 Å². The van der Waals surface area contributed by atoms with Gasteiger partial charge in [-0.1, -0.05) is 12.8 Å². The molecule has 0 atom stereocenters.